The van der Waals surface area contributed by atoms with Crippen LogP contribution in [0.2, 0.25) is 0 Å². The van der Waals surface area contributed by atoms with Crippen molar-refractivity contribution in [3.05, 3.63) is 94.7 Å². The Labute approximate surface area is 284 Å². The van der Waals surface area contributed by atoms with Gasteiger partial charge in [-0.25, -0.2) is 0 Å². The summed E-state index contributed by atoms with van der Waals surface area (Å²) in [5.41, 5.74) is 8.76. The minimum Gasteiger partial charge on any atom is -0.354 e. The van der Waals surface area contributed by atoms with Gasteiger partial charge >= 0.3 is 0 Å². The Kier molecular flexibility index (Phi) is 12.9. The van der Waals surface area contributed by atoms with Gasteiger partial charge in [0.25, 0.3) is 0 Å². The number of carbonyl (C=O) groups excluding carboxylic acids is 3. The lowest BCUT2D eigenvalue weighted by atomic mass is 9.98. The molecule has 0 aliphatic carbocycles. The fourth-order valence-corrected chi connectivity index (χ4v) is 6.79. The molecule has 0 saturated carbocycles. The van der Waals surface area contributed by atoms with E-state index in [-0.39, 0.29) is 17.7 Å². The van der Waals surface area contributed by atoms with E-state index in [1.165, 1.54) is 22.3 Å². The number of nitrogens with one attached hydrogen (secondary N) is 1. The molecule has 1 unspecified atom stereocenters. The Balaban J connectivity index is 1.56. The molecule has 3 amide bonds. The molecule has 1 aliphatic heterocycles. The smallest absolute Gasteiger partial charge is 0.246 e. The van der Waals surface area contributed by atoms with E-state index in [9.17, 15) is 14.4 Å². The summed E-state index contributed by atoms with van der Waals surface area (Å²) in [6.45, 7) is 5.43. The second-order valence-corrected chi connectivity index (χ2v) is 14.5. The standard InChI is InChI=1S/C38H51N5O3S/c1-38(2,39)22-9-16-35(44)42(4)34(26-28-17-19-30(20-18-28)29-12-7-6-8-13-29)37(46)43(5)33(27-32-15-11-25-47-32)36(45)40-23-21-31-14-10-24-41(31)3/h6-9,11-13,15-20,25,31,33-34H,10,14,21-24,26-27,39H2,1-5H3,(H,40,45)/t31?,33-,34-/m1/s1. The summed E-state index contributed by atoms with van der Waals surface area (Å²) in [6.07, 6.45) is 7.65. The summed E-state index contributed by atoms with van der Waals surface area (Å²) in [4.78, 5) is 48.0. The van der Waals surface area contributed by atoms with E-state index in [4.69, 9.17) is 5.73 Å². The number of hydrogen-bond donors (Lipinski definition) is 2. The van der Waals surface area contributed by atoms with Crippen molar-refractivity contribution in [3.8, 4) is 11.1 Å². The normalized spacial score (nSPS) is 16.6. The van der Waals surface area contributed by atoms with Gasteiger partial charge in [0.2, 0.25) is 17.7 Å². The van der Waals surface area contributed by atoms with E-state index >= 15 is 0 Å². The maximum Gasteiger partial charge on any atom is 0.246 e. The molecule has 9 heteroatoms. The molecule has 3 N–H and O–H groups in total. The Morgan fingerprint density at radius 3 is 2.30 bits per heavy atom. The number of rotatable bonds is 15. The second kappa shape index (κ2) is 16.9. The van der Waals surface area contributed by atoms with E-state index in [1.54, 1.807) is 31.5 Å². The van der Waals surface area contributed by atoms with E-state index in [1.807, 2.05) is 73.8 Å². The molecule has 1 saturated heterocycles. The molecule has 3 aromatic rings. The van der Waals surface area contributed by atoms with Gasteiger partial charge in [-0.2, -0.15) is 0 Å². The predicted octanol–water partition coefficient (Wildman–Crippen LogP) is 5.14. The van der Waals surface area contributed by atoms with Gasteiger partial charge in [-0.1, -0.05) is 66.7 Å². The van der Waals surface area contributed by atoms with Crippen LogP contribution in [0.5, 0.6) is 0 Å². The molecule has 2 heterocycles. The molecule has 1 fully saturated rings. The van der Waals surface area contributed by atoms with E-state index in [2.05, 4.69) is 29.4 Å². The van der Waals surface area contributed by atoms with Crippen LogP contribution in [-0.2, 0) is 27.2 Å². The quantitative estimate of drug-likeness (QED) is 0.221. The van der Waals surface area contributed by atoms with E-state index in [0.717, 1.165) is 41.0 Å². The fraction of sp³-hybridized carbons (Fsp3) is 0.447. The molecule has 0 bridgehead atoms. The van der Waals surface area contributed by atoms with Crippen LogP contribution in [0.4, 0.5) is 0 Å². The van der Waals surface area contributed by atoms with Gasteiger partial charge in [0.05, 0.1) is 0 Å². The van der Waals surface area contributed by atoms with E-state index < -0.39 is 17.6 Å². The summed E-state index contributed by atoms with van der Waals surface area (Å²) in [6, 6.07) is 21.1. The first-order chi connectivity index (χ1) is 22.4. The van der Waals surface area contributed by atoms with Crippen LogP contribution in [0.25, 0.3) is 11.1 Å². The molecule has 47 heavy (non-hydrogen) atoms. The van der Waals surface area contributed by atoms with Gasteiger partial charge < -0.3 is 25.8 Å². The number of carbonyl (C=O) groups is 3. The summed E-state index contributed by atoms with van der Waals surface area (Å²) >= 11 is 1.57. The van der Waals surface area contributed by atoms with Gasteiger partial charge in [-0.3, -0.25) is 14.4 Å². The van der Waals surface area contributed by atoms with Crippen molar-refractivity contribution in [1.82, 2.24) is 20.0 Å². The number of benzene rings is 2. The van der Waals surface area contributed by atoms with Crippen molar-refractivity contribution in [1.29, 1.82) is 0 Å². The lowest BCUT2D eigenvalue weighted by Crippen LogP contribution is -2.56. The van der Waals surface area contributed by atoms with Crippen LogP contribution in [0, 0.1) is 0 Å². The molecule has 2 aromatic carbocycles. The summed E-state index contributed by atoms with van der Waals surface area (Å²) < 4.78 is 0. The number of nitrogens with two attached hydrogens (primary N) is 1. The highest BCUT2D eigenvalue weighted by Gasteiger charge is 2.35. The Hall–Kier alpha value is -3.79. The average Bonchev–Trinajstić information content (AvgIpc) is 3.73. The Bertz CT molecular complexity index is 1470. The van der Waals surface area contributed by atoms with Crippen LogP contribution >= 0.6 is 11.3 Å². The lowest BCUT2D eigenvalue weighted by molar-refractivity contribution is -0.146. The maximum atomic E-state index is 14.4. The molecule has 4 rings (SSSR count). The van der Waals surface area contributed by atoms with Gasteiger partial charge in [0.1, 0.15) is 12.1 Å². The average molecular weight is 658 g/mol. The molecule has 8 nitrogen and oxygen atoms in total. The third-order valence-electron chi connectivity index (χ3n) is 9.04. The van der Waals surface area contributed by atoms with Gasteiger partial charge in [0.15, 0.2) is 0 Å². The van der Waals surface area contributed by atoms with Crippen molar-refractivity contribution in [2.24, 2.45) is 5.73 Å². The number of nitrogens with zero attached hydrogens (tertiary/aromatic N) is 3. The van der Waals surface area contributed by atoms with Crippen molar-refractivity contribution in [2.45, 2.75) is 76.0 Å². The fourth-order valence-electron chi connectivity index (χ4n) is 6.05. The zero-order valence-electron chi connectivity index (χ0n) is 28.5. The number of thiophene rings is 1. The van der Waals surface area contributed by atoms with Crippen molar-refractivity contribution >= 4 is 29.1 Å². The molecule has 252 valence electrons. The minimum atomic E-state index is -0.823. The topological polar surface area (TPSA) is 99.0 Å². The molecule has 0 radical (unpaired) electrons. The number of hydrogen-bond acceptors (Lipinski definition) is 6. The number of likely N-dealkylation sites (N-methyl/N-ethyl adjacent to an activating group) is 2. The molecular formula is C38H51N5O3S. The first-order valence-electron chi connectivity index (χ1n) is 16.6. The lowest BCUT2D eigenvalue weighted by Gasteiger charge is -2.34. The highest BCUT2D eigenvalue weighted by Crippen LogP contribution is 2.22. The van der Waals surface area contributed by atoms with Crippen molar-refractivity contribution in [3.63, 3.8) is 0 Å². The summed E-state index contributed by atoms with van der Waals surface area (Å²) in [7, 11) is 5.47. The Morgan fingerprint density at radius 1 is 0.979 bits per heavy atom. The highest BCUT2D eigenvalue weighted by atomic mass is 32.1. The van der Waals surface area contributed by atoms with Crippen LogP contribution in [0.1, 0.15) is 50.0 Å². The van der Waals surface area contributed by atoms with Gasteiger partial charge in [0, 0.05) is 49.9 Å². The van der Waals surface area contributed by atoms with Crippen LogP contribution in [0.3, 0.4) is 0 Å². The van der Waals surface area contributed by atoms with Crippen molar-refractivity contribution < 1.29 is 14.4 Å². The van der Waals surface area contributed by atoms with E-state index in [0.29, 0.717) is 31.8 Å². The van der Waals surface area contributed by atoms with Gasteiger partial charge in [-0.05, 0) is 87.3 Å². The zero-order valence-corrected chi connectivity index (χ0v) is 29.3. The van der Waals surface area contributed by atoms with Crippen LogP contribution < -0.4 is 11.1 Å². The summed E-state index contributed by atoms with van der Waals surface area (Å²) in [5.74, 6) is -0.755. The predicted molar refractivity (Wildman–Crippen MR) is 192 cm³/mol. The summed E-state index contributed by atoms with van der Waals surface area (Å²) in [5, 5.41) is 5.10. The Morgan fingerprint density at radius 2 is 1.68 bits per heavy atom. The third-order valence-corrected chi connectivity index (χ3v) is 9.93. The first kappa shape index (κ1) is 36.1. The van der Waals surface area contributed by atoms with Gasteiger partial charge in [-0.15, -0.1) is 11.3 Å². The zero-order chi connectivity index (χ0) is 34.0. The molecule has 0 spiro atoms. The number of amides is 3. The third kappa shape index (κ3) is 10.6. The number of likely N-dealkylation sites (tertiary alicyclic amines) is 1. The highest BCUT2D eigenvalue weighted by molar-refractivity contribution is 7.09. The van der Waals surface area contributed by atoms with Crippen LogP contribution in [-0.4, -0.2) is 90.3 Å². The maximum absolute atomic E-state index is 14.4. The van der Waals surface area contributed by atoms with Crippen molar-refractivity contribution in [2.75, 3.05) is 34.2 Å². The molecule has 1 aromatic heterocycles. The van der Waals surface area contributed by atoms with Crippen LogP contribution in [0.15, 0.2) is 84.3 Å². The SMILES string of the molecule is CN1CCCC1CCNC(=O)[C@@H](Cc1cccs1)N(C)C(=O)[C@@H](Cc1ccc(-c2ccccc2)cc1)N(C)C(=O)C=CCC(C)(C)N. The minimum absolute atomic E-state index is 0.181. The molecule has 1 aliphatic rings. The second-order valence-electron chi connectivity index (χ2n) is 13.4. The monoisotopic (exact) mass is 657 g/mol. The molecular weight excluding hydrogens is 607 g/mol. The molecule has 3 atom stereocenters. The first-order valence-corrected chi connectivity index (χ1v) is 17.4. The largest absolute Gasteiger partial charge is 0.354 e.